The number of nitrogens with one attached hydrogen (secondary N) is 1. The Bertz CT molecular complexity index is 583. The average Bonchev–Trinajstić information content (AvgIpc) is 2.86. The van der Waals surface area contributed by atoms with Crippen LogP contribution < -0.4 is 10.2 Å². The standard InChI is InChI=1S/C14H14BrClN2O2/c1-18(11-4-2-10(16)3-5-11)9-8-17-14(19)12-6-7-13(15)20-12/h2-7H,8-9H2,1H3,(H,17,19). The predicted molar refractivity (Wildman–Crippen MR) is 83.5 cm³/mol. The predicted octanol–water partition coefficient (Wildman–Crippen LogP) is 3.56. The van der Waals surface area contributed by atoms with E-state index in [2.05, 4.69) is 21.2 Å². The Kier molecular flexibility index (Phi) is 5.09. The van der Waals surface area contributed by atoms with Gasteiger partial charge in [0, 0.05) is 30.8 Å². The second kappa shape index (κ2) is 6.81. The molecule has 0 fully saturated rings. The molecule has 0 radical (unpaired) electrons. The highest BCUT2D eigenvalue weighted by Crippen LogP contribution is 2.16. The minimum Gasteiger partial charge on any atom is -0.444 e. The third-order valence-corrected chi connectivity index (χ3v) is 3.48. The van der Waals surface area contributed by atoms with Crippen molar-refractivity contribution in [1.82, 2.24) is 5.32 Å². The van der Waals surface area contributed by atoms with Crippen LogP contribution in [0.3, 0.4) is 0 Å². The van der Waals surface area contributed by atoms with E-state index in [1.54, 1.807) is 12.1 Å². The summed E-state index contributed by atoms with van der Waals surface area (Å²) in [6.45, 7) is 1.21. The molecule has 0 saturated heterocycles. The minimum atomic E-state index is -0.222. The van der Waals surface area contributed by atoms with Crippen LogP contribution in [0.25, 0.3) is 0 Å². The molecule has 4 nitrogen and oxygen atoms in total. The number of amides is 1. The van der Waals surface area contributed by atoms with Gasteiger partial charge in [-0.05, 0) is 52.3 Å². The van der Waals surface area contributed by atoms with Crippen molar-refractivity contribution in [3.8, 4) is 0 Å². The van der Waals surface area contributed by atoms with Crippen molar-refractivity contribution in [3.63, 3.8) is 0 Å². The zero-order valence-corrected chi connectivity index (χ0v) is 13.2. The molecule has 106 valence electrons. The molecule has 0 aliphatic carbocycles. The summed E-state index contributed by atoms with van der Waals surface area (Å²) in [4.78, 5) is 13.8. The Morgan fingerprint density at radius 3 is 2.60 bits per heavy atom. The molecule has 1 N–H and O–H groups in total. The van der Waals surface area contributed by atoms with Crippen LogP contribution in [0, 0.1) is 0 Å². The number of hydrogen-bond acceptors (Lipinski definition) is 3. The summed E-state index contributed by atoms with van der Waals surface area (Å²) in [5, 5.41) is 3.51. The second-order valence-corrected chi connectivity index (χ2v) is 5.48. The highest BCUT2D eigenvalue weighted by atomic mass is 79.9. The van der Waals surface area contributed by atoms with Gasteiger partial charge in [0.05, 0.1) is 0 Å². The Balaban J connectivity index is 1.80. The van der Waals surface area contributed by atoms with Gasteiger partial charge in [-0.2, -0.15) is 0 Å². The molecule has 0 atom stereocenters. The molecule has 1 aromatic carbocycles. The lowest BCUT2D eigenvalue weighted by Gasteiger charge is -2.19. The van der Waals surface area contributed by atoms with Crippen LogP contribution in [0.2, 0.25) is 5.02 Å². The van der Waals surface area contributed by atoms with Gasteiger partial charge in [-0.25, -0.2) is 0 Å². The van der Waals surface area contributed by atoms with Gasteiger partial charge in [0.15, 0.2) is 10.4 Å². The summed E-state index contributed by atoms with van der Waals surface area (Å²) in [6.07, 6.45) is 0. The van der Waals surface area contributed by atoms with Crippen molar-refractivity contribution in [2.24, 2.45) is 0 Å². The van der Waals surface area contributed by atoms with Crippen LogP contribution in [-0.2, 0) is 0 Å². The number of furan rings is 1. The van der Waals surface area contributed by atoms with E-state index in [0.29, 0.717) is 28.5 Å². The quantitative estimate of drug-likeness (QED) is 0.890. The number of nitrogens with zero attached hydrogens (tertiary/aromatic N) is 1. The van der Waals surface area contributed by atoms with Crippen LogP contribution >= 0.6 is 27.5 Å². The summed E-state index contributed by atoms with van der Waals surface area (Å²) in [5.74, 6) is 0.0752. The van der Waals surface area contributed by atoms with E-state index in [0.717, 1.165) is 5.69 Å². The highest BCUT2D eigenvalue weighted by molar-refractivity contribution is 9.10. The second-order valence-electron chi connectivity index (χ2n) is 4.26. The van der Waals surface area contributed by atoms with Crippen LogP contribution in [-0.4, -0.2) is 26.0 Å². The molecule has 0 aliphatic heterocycles. The Labute approximate surface area is 130 Å². The molecular formula is C14H14BrClN2O2. The van der Waals surface area contributed by atoms with E-state index < -0.39 is 0 Å². The summed E-state index contributed by atoms with van der Waals surface area (Å²) in [7, 11) is 1.96. The number of carbonyl (C=O) groups is 1. The SMILES string of the molecule is CN(CCNC(=O)c1ccc(Br)o1)c1ccc(Cl)cc1. The van der Waals surface area contributed by atoms with Crippen molar-refractivity contribution in [2.45, 2.75) is 0 Å². The molecular weight excluding hydrogens is 344 g/mol. The number of anilines is 1. The molecule has 2 rings (SSSR count). The number of carbonyl (C=O) groups excluding carboxylic acids is 1. The third kappa shape index (κ3) is 4.02. The van der Waals surface area contributed by atoms with Gasteiger partial charge >= 0.3 is 0 Å². The van der Waals surface area contributed by atoms with Gasteiger partial charge in [0.25, 0.3) is 5.91 Å². The first kappa shape index (κ1) is 14.9. The zero-order chi connectivity index (χ0) is 14.5. The van der Waals surface area contributed by atoms with Crippen molar-refractivity contribution in [3.05, 3.63) is 51.9 Å². The average molecular weight is 358 g/mol. The molecule has 0 aliphatic rings. The van der Waals surface area contributed by atoms with Gasteiger partial charge in [0.2, 0.25) is 0 Å². The highest BCUT2D eigenvalue weighted by Gasteiger charge is 2.09. The summed E-state index contributed by atoms with van der Waals surface area (Å²) in [6, 6.07) is 10.9. The molecule has 0 unspecified atom stereocenters. The fourth-order valence-electron chi connectivity index (χ4n) is 1.69. The molecule has 0 bridgehead atoms. The molecule has 0 saturated carbocycles. The molecule has 1 aromatic heterocycles. The smallest absolute Gasteiger partial charge is 0.287 e. The topological polar surface area (TPSA) is 45.5 Å². The molecule has 0 spiro atoms. The summed E-state index contributed by atoms with van der Waals surface area (Å²) >= 11 is 9.00. The Morgan fingerprint density at radius 2 is 2.00 bits per heavy atom. The number of benzene rings is 1. The first-order valence-electron chi connectivity index (χ1n) is 6.06. The summed E-state index contributed by atoms with van der Waals surface area (Å²) in [5.41, 5.74) is 1.05. The normalized spacial score (nSPS) is 10.3. The van der Waals surface area contributed by atoms with Gasteiger partial charge in [-0.15, -0.1) is 0 Å². The minimum absolute atomic E-state index is 0.222. The van der Waals surface area contributed by atoms with Crippen molar-refractivity contribution >= 4 is 39.1 Å². The maximum Gasteiger partial charge on any atom is 0.287 e. The third-order valence-electron chi connectivity index (χ3n) is 2.80. The van der Waals surface area contributed by atoms with E-state index in [-0.39, 0.29) is 5.91 Å². The van der Waals surface area contributed by atoms with Gasteiger partial charge in [0.1, 0.15) is 0 Å². The van der Waals surface area contributed by atoms with E-state index in [1.165, 1.54) is 0 Å². The molecule has 1 heterocycles. The molecule has 6 heteroatoms. The molecule has 2 aromatic rings. The fourth-order valence-corrected chi connectivity index (χ4v) is 2.12. The number of likely N-dealkylation sites (N-methyl/N-ethyl adjacent to an activating group) is 1. The van der Waals surface area contributed by atoms with Crippen LogP contribution in [0.1, 0.15) is 10.6 Å². The molecule has 20 heavy (non-hydrogen) atoms. The van der Waals surface area contributed by atoms with Gasteiger partial charge < -0.3 is 14.6 Å². The first-order chi connectivity index (χ1) is 9.56. The van der Waals surface area contributed by atoms with Gasteiger partial charge in [-0.3, -0.25) is 4.79 Å². The summed E-state index contributed by atoms with van der Waals surface area (Å²) < 4.78 is 5.72. The van der Waals surface area contributed by atoms with Crippen molar-refractivity contribution in [2.75, 3.05) is 25.0 Å². The lowest BCUT2D eigenvalue weighted by Crippen LogP contribution is -2.32. The van der Waals surface area contributed by atoms with Crippen molar-refractivity contribution in [1.29, 1.82) is 0 Å². The lowest BCUT2D eigenvalue weighted by molar-refractivity contribution is 0.0926. The van der Waals surface area contributed by atoms with E-state index in [4.69, 9.17) is 16.0 Å². The van der Waals surface area contributed by atoms with E-state index in [1.807, 2.05) is 36.2 Å². The number of hydrogen-bond donors (Lipinski definition) is 1. The Morgan fingerprint density at radius 1 is 1.30 bits per heavy atom. The monoisotopic (exact) mass is 356 g/mol. The molecule has 1 amide bonds. The first-order valence-corrected chi connectivity index (χ1v) is 7.23. The number of rotatable bonds is 5. The van der Waals surface area contributed by atoms with Crippen LogP contribution in [0.4, 0.5) is 5.69 Å². The van der Waals surface area contributed by atoms with Crippen LogP contribution in [0.15, 0.2) is 45.5 Å². The van der Waals surface area contributed by atoms with E-state index in [9.17, 15) is 4.79 Å². The maximum atomic E-state index is 11.8. The largest absolute Gasteiger partial charge is 0.444 e. The van der Waals surface area contributed by atoms with Crippen molar-refractivity contribution < 1.29 is 9.21 Å². The van der Waals surface area contributed by atoms with E-state index >= 15 is 0 Å². The number of halogens is 2. The Hall–Kier alpha value is -1.46. The maximum absolute atomic E-state index is 11.8. The lowest BCUT2D eigenvalue weighted by atomic mass is 10.3. The van der Waals surface area contributed by atoms with Gasteiger partial charge in [-0.1, -0.05) is 11.6 Å². The zero-order valence-electron chi connectivity index (χ0n) is 10.9. The van der Waals surface area contributed by atoms with Crippen LogP contribution in [0.5, 0.6) is 0 Å². The fraction of sp³-hybridized carbons (Fsp3) is 0.214.